The van der Waals surface area contributed by atoms with Gasteiger partial charge in [-0.15, -0.1) is 11.3 Å². The van der Waals surface area contributed by atoms with Gasteiger partial charge in [0.1, 0.15) is 5.01 Å². The summed E-state index contributed by atoms with van der Waals surface area (Å²) in [4.78, 5) is 4.71. The second kappa shape index (κ2) is 4.43. The number of ether oxygens (including phenoxy) is 1. The third-order valence-electron chi connectivity index (χ3n) is 3.53. The molecule has 2 unspecified atom stereocenters. The highest BCUT2D eigenvalue weighted by atomic mass is 32.1. The van der Waals surface area contributed by atoms with Gasteiger partial charge < -0.3 is 10.5 Å². The van der Waals surface area contributed by atoms with Crippen LogP contribution in [0.2, 0.25) is 0 Å². The summed E-state index contributed by atoms with van der Waals surface area (Å²) in [6.45, 7) is 1.75. The van der Waals surface area contributed by atoms with Crippen molar-refractivity contribution in [3.8, 4) is 0 Å². The summed E-state index contributed by atoms with van der Waals surface area (Å²) in [6, 6.07) is 0.184. The van der Waals surface area contributed by atoms with Gasteiger partial charge in [-0.3, -0.25) is 0 Å². The molecule has 2 heterocycles. The average Bonchev–Trinajstić information content (AvgIpc) is 3.07. The van der Waals surface area contributed by atoms with E-state index in [0.29, 0.717) is 11.8 Å². The van der Waals surface area contributed by atoms with Gasteiger partial charge in [-0.25, -0.2) is 4.98 Å². The van der Waals surface area contributed by atoms with Crippen LogP contribution in [-0.2, 0) is 4.74 Å². The van der Waals surface area contributed by atoms with E-state index in [1.54, 1.807) is 11.3 Å². The fourth-order valence-electron chi connectivity index (χ4n) is 2.27. The zero-order chi connectivity index (χ0) is 11.0. The fourth-order valence-corrected chi connectivity index (χ4v) is 3.27. The molecule has 3 nitrogen and oxygen atoms in total. The van der Waals surface area contributed by atoms with Crippen molar-refractivity contribution in [1.82, 2.24) is 4.98 Å². The average molecular weight is 238 g/mol. The Balaban J connectivity index is 1.70. The number of nitrogens with zero attached hydrogens (tertiary/aromatic N) is 1. The molecule has 1 aliphatic carbocycles. The van der Waals surface area contributed by atoms with E-state index >= 15 is 0 Å². The zero-order valence-corrected chi connectivity index (χ0v) is 10.2. The van der Waals surface area contributed by atoms with Crippen LogP contribution in [0.1, 0.15) is 48.3 Å². The third-order valence-corrected chi connectivity index (χ3v) is 4.50. The molecule has 2 aliphatic rings. The topological polar surface area (TPSA) is 48.1 Å². The molecule has 1 saturated carbocycles. The van der Waals surface area contributed by atoms with E-state index in [-0.39, 0.29) is 6.04 Å². The van der Waals surface area contributed by atoms with Crippen molar-refractivity contribution in [2.75, 3.05) is 13.2 Å². The smallest absolute Gasteiger partial charge is 0.110 e. The van der Waals surface area contributed by atoms with Crippen LogP contribution in [-0.4, -0.2) is 18.2 Å². The first-order valence-corrected chi connectivity index (χ1v) is 7.01. The third kappa shape index (κ3) is 2.14. The maximum absolute atomic E-state index is 6.16. The summed E-state index contributed by atoms with van der Waals surface area (Å²) in [7, 11) is 0. The molecule has 4 heteroatoms. The SMILES string of the molecule is NC(c1nc(C2CCCOC2)cs1)C1CC1. The molecule has 1 aliphatic heterocycles. The molecule has 1 aromatic rings. The van der Waals surface area contributed by atoms with Crippen LogP contribution in [0.15, 0.2) is 5.38 Å². The van der Waals surface area contributed by atoms with E-state index in [2.05, 4.69) is 5.38 Å². The Labute approximate surface area is 100 Å². The first-order valence-electron chi connectivity index (χ1n) is 6.13. The van der Waals surface area contributed by atoms with Crippen molar-refractivity contribution < 1.29 is 4.74 Å². The molecule has 0 aromatic carbocycles. The van der Waals surface area contributed by atoms with Crippen LogP contribution in [0.5, 0.6) is 0 Å². The molecule has 0 radical (unpaired) electrons. The number of hydrogen-bond acceptors (Lipinski definition) is 4. The molecule has 2 fully saturated rings. The summed E-state index contributed by atoms with van der Waals surface area (Å²) in [5.74, 6) is 1.20. The van der Waals surface area contributed by atoms with Crippen molar-refractivity contribution in [2.45, 2.75) is 37.6 Å². The van der Waals surface area contributed by atoms with E-state index in [1.165, 1.54) is 25.0 Å². The van der Waals surface area contributed by atoms with Gasteiger partial charge in [0.05, 0.1) is 18.3 Å². The monoisotopic (exact) mass is 238 g/mol. The molecule has 0 bridgehead atoms. The number of aromatic nitrogens is 1. The van der Waals surface area contributed by atoms with Crippen LogP contribution >= 0.6 is 11.3 Å². The lowest BCUT2D eigenvalue weighted by Crippen LogP contribution is -2.16. The summed E-state index contributed by atoms with van der Waals surface area (Å²) in [5.41, 5.74) is 7.36. The van der Waals surface area contributed by atoms with Gasteiger partial charge in [0.15, 0.2) is 0 Å². The number of rotatable bonds is 3. The Kier molecular flexibility index (Phi) is 2.96. The largest absolute Gasteiger partial charge is 0.381 e. The molecule has 88 valence electrons. The summed E-state index contributed by atoms with van der Waals surface area (Å²) in [5, 5.41) is 3.31. The minimum atomic E-state index is 0.184. The lowest BCUT2D eigenvalue weighted by molar-refractivity contribution is 0.0794. The van der Waals surface area contributed by atoms with Gasteiger partial charge in [-0.1, -0.05) is 0 Å². The first-order chi connectivity index (χ1) is 7.84. The molecule has 16 heavy (non-hydrogen) atoms. The van der Waals surface area contributed by atoms with Crippen LogP contribution < -0.4 is 5.73 Å². The maximum atomic E-state index is 6.16. The lowest BCUT2D eigenvalue weighted by atomic mass is 10.00. The van der Waals surface area contributed by atoms with E-state index in [4.69, 9.17) is 15.5 Å². The molecule has 0 amide bonds. The number of hydrogen-bond donors (Lipinski definition) is 1. The highest BCUT2D eigenvalue weighted by Crippen LogP contribution is 2.40. The van der Waals surface area contributed by atoms with Crippen molar-refractivity contribution >= 4 is 11.3 Å². The Morgan fingerprint density at radius 2 is 2.31 bits per heavy atom. The quantitative estimate of drug-likeness (QED) is 0.880. The Morgan fingerprint density at radius 3 is 3.00 bits per heavy atom. The molecule has 2 N–H and O–H groups in total. The highest BCUT2D eigenvalue weighted by molar-refractivity contribution is 7.09. The normalized spacial score (nSPS) is 27.9. The number of nitrogens with two attached hydrogens (primary N) is 1. The molecular formula is C12H18N2OS. The van der Waals surface area contributed by atoms with Gasteiger partial charge in [-0.05, 0) is 31.6 Å². The predicted molar refractivity (Wildman–Crippen MR) is 64.6 cm³/mol. The van der Waals surface area contributed by atoms with Crippen LogP contribution in [0, 0.1) is 5.92 Å². The Morgan fingerprint density at radius 1 is 1.44 bits per heavy atom. The Bertz CT molecular complexity index is 356. The second-order valence-corrected chi connectivity index (χ2v) is 5.78. The minimum absolute atomic E-state index is 0.184. The van der Waals surface area contributed by atoms with E-state index < -0.39 is 0 Å². The van der Waals surface area contributed by atoms with Crippen LogP contribution in [0.25, 0.3) is 0 Å². The van der Waals surface area contributed by atoms with E-state index in [1.807, 2.05) is 0 Å². The molecule has 3 rings (SSSR count). The Hall–Kier alpha value is -0.450. The van der Waals surface area contributed by atoms with Gasteiger partial charge in [0.25, 0.3) is 0 Å². The predicted octanol–water partition coefficient (Wildman–Crippen LogP) is 2.45. The van der Waals surface area contributed by atoms with Crippen LogP contribution in [0.3, 0.4) is 0 Å². The van der Waals surface area contributed by atoms with Gasteiger partial charge >= 0.3 is 0 Å². The zero-order valence-electron chi connectivity index (χ0n) is 9.39. The standard InChI is InChI=1S/C12H18N2OS/c13-11(8-3-4-8)12-14-10(7-16-12)9-2-1-5-15-6-9/h7-9,11H,1-6,13H2. The van der Waals surface area contributed by atoms with Crippen molar-refractivity contribution in [1.29, 1.82) is 0 Å². The molecule has 0 spiro atoms. The maximum Gasteiger partial charge on any atom is 0.110 e. The molecule has 2 atom stereocenters. The molecular weight excluding hydrogens is 220 g/mol. The summed E-state index contributed by atoms with van der Waals surface area (Å²) < 4.78 is 5.50. The molecule has 1 aromatic heterocycles. The molecule has 1 saturated heterocycles. The minimum Gasteiger partial charge on any atom is -0.381 e. The van der Waals surface area contributed by atoms with E-state index in [0.717, 1.165) is 24.6 Å². The van der Waals surface area contributed by atoms with Crippen LogP contribution in [0.4, 0.5) is 0 Å². The van der Waals surface area contributed by atoms with Gasteiger partial charge in [0.2, 0.25) is 0 Å². The van der Waals surface area contributed by atoms with Crippen molar-refractivity contribution in [3.05, 3.63) is 16.1 Å². The summed E-state index contributed by atoms with van der Waals surface area (Å²) in [6.07, 6.45) is 4.93. The second-order valence-electron chi connectivity index (χ2n) is 4.89. The lowest BCUT2D eigenvalue weighted by Gasteiger charge is -2.20. The van der Waals surface area contributed by atoms with Gasteiger partial charge in [-0.2, -0.15) is 0 Å². The fraction of sp³-hybridized carbons (Fsp3) is 0.750. The van der Waals surface area contributed by atoms with E-state index in [9.17, 15) is 0 Å². The van der Waals surface area contributed by atoms with Gasteiger partial charge in [0, 0.05) is 17.9 Å². The summed E-state index contributed by atoms with van der Waals surface area (Å²) >= 11 is 1.73. The first kappa shape index (κ1) is 10.7. The van der Waals surface area contributed by atoms with Crippen molar-refractivity contribution in [3.63, 3.8) is 0 Å². The highest BCUT2D eigenvalue weighted by Gasteiger charge is 2.31. The van der Waals surface area contributed by atoms with Crippen molar-refractivity contribution in [2.24, 2.45) is 11.7 Å². The number of thiazole rings is 1.